The van der Waals surface area contributed by atoms with Crippen LogP contribution in [0.15, 0.2) is 43.0 Å². The van der Waals surface area contributed by atoms with Crippen LogP contribution in [0.4, 0.5) is 13.2 Å². The summed E-state index contributed by atoms with van der Waals surface area (Å²) < 4.78 is 50.1. The van der Waals surface area contributed by atoms with Crippen molar-refractivity contribution in [3.63, 3.8) is 0 Å². The standard InChI is InChI=1S/C32H41F3O2/c1-3-4-19-37-30-18-9-23(20-29(30)33)6-5-22-7-10-25(11-8-22)27-16-17-28(32(35)31(27)34)26-14-12-24(13-15-26)21(2)36/h3,9,16-18,20-22,24-26,36H,1,4-8,10-15,19H2,2H3. The van der Waals surface area contributed by atoms with Gasteiger partial charge in [0.1, 0.15) is 0 Å². The number of halogens is 3. The van der Waals surface area contributed by atoms with E-state index in [9.17, 15) is 9.50 Å². The summed E-state index contributed by atoms with van der Waals surface area (Å²) in [5.41, 5.74) is 1.98. The van der Waals surface area contributed by atoms with Crippen LogP contribution in [0, 0.1) is 29.3 Å². The van der Waals surface area contributed by atoms with Crippen LogP contribution in [0.3, 0.4) is 0 Å². The van der Waals surface area contributed by atoms with Crippen LogP contribution in [0.1, 0.15) is 99.7 Å². The second kappa shape index (κ2) is 13.0. The van der Waals surface area contributed by atoms with Gasteiger partial charge in [0.25, 0.3) is 0 Å². The molecule has 2 nitrogen and oxygen atoms in total. The predicted molar refractivity (Wildman–Crippen MR) is 142 cm³/mol. The molecule has 1 unspecified atom stereocenters. The highest BCUT2D eigenvalue weighted by Crippen LogP contribution is 2.42. The molecule has 202 valence electrons. The predicted octanol–water partition coefficient (Wildman–Crippen LogP) is 8.62. The summed E-state index contributed by atoms with van der Waals surface area (Å²) in [5, 5.41) is 9.82. The molecule has 0 aliphatic heterocycles. The molecule has 2 aliphatic rings. The van der Waals surface area contributed by atoms with Crippen molar-refractivity contribution in [2.45, 2.75) is 95.5 Å². The Morgan fingerprint density at radius 1 is 0.919 bits per heavy atom. The fraction of sp³-hybridized carbons (Fsp3) is 0.562. The highest BCUT2D eigenvalue weighted by molar-refractivity contribution is 5.32. The van der Waals surface area contributed by atoms with Crippen molar-refractivity contribution in [2.24, 2.45) is 11.8 Å². The van der Waals surface area contributed by atoms with Crippen LogP contribution < -0.4 is 4.74 Å². The number of aliphatic hydroxyl groups excluding tert-OH is 1. The monoisotopic (exact) mass is 514 g/mol. The normalized spacial score (nSPS) is 25.0. The van der Waals surface area contributed by atoms with Crippen molar-refractivity contribution in [1.29, 1.82) is 0 Å². The minimum atomic E-state index is -0.668. The molecule has 0 aromatic heterocycles. The molecule has 0 heterocycles. The van der Waals surface area contributed by atoms with Crippen LogP contribution in [-0.4, -0.2) is 17.8 Å². The molecule has 2 fully saturated rings. The summed E-state index contributed by atoms with van der Waals surface area (Å²) in [6.45, 7) is 5.87. The summed E-state index contributed by atoms with van der Waals surface area (Å²) in [5.74, 6) is -0.524. The number of hydrogen-bond acceptors (Lipinski definition) is 2. The zero-order chi connectivity index (χ0) is 26.4. The number of rotatable bonds is 10. The molecular weight excluding hydrogens is 473 g/mol. The first-order valence-corrected chi connectivity index (χ1v) is 14.0. The molecule has 37 heavy (non-hydrogen) atoms. The maximum absolute atomic E-state index is 15.2. The van der Waals surface area contributed by atoms with E-state index in [1.807, 2.05) is 25.1 Å². The Morgan fingerprint density at radius 3 is 2.05 bits per heavy atom. The average molecular weight is 515 g/mol. The fourth-order valence-corrected chi connectivity index (χ4v) is 6.32. The number of benzene rings is 2. The number of ether oxygens (including phenoxy) is 1. The van der Waals surface area contributed by atoms with Gasteiger partial charge in [0.05, 0.1) is 12.7 Å². The van der Waals surface area contributed by atoms with Crippen LogP contribution in [0.2, 0.25) is 0 Å². The van der Waals surface area contributed by atoms with E-state index in [1.165, 1.54) is 0 Å². The Morgan fingerprint density at radius 2 is 1.51 bits per heavy atom. The largest absolute Gasteiger partial charge is 0.490 e. The average Bonchev–Trinajstić information content (AvgIpc) is 2.91. The van der Waals surface area contributed by atoms with E-state index in [4.69, 9.17) is 4.74 Å². The minimum Gasteiger partial charge on any atom is -0.490 e. The Kier molecular flexibility index (Phi) is 9.75. The third kappa shape index (κ3) is 6.98. The van der Waals surface area contributed by atoms with Crippen LogP contribution in [0.25, 0.3) is 0 Å². The second-order valence-electron chi connectivity index (χ2n) is 11.2. The highest BCUT2D eigenvalue weighted by Gasteiger charge is 2.30. The minimum absolute atomic E-state index is 0.0342. The first-order chi connectivity index (χ1) is 17.9. The van der Waals surface area contributed by atoms with Crippen LogP contribution in [0.5, 0.6) is 5.75 Å². The lowest BCUT2D eigenvalue weighted by Gasteiger charge is -2.32. The van der Waals surface area contributed by atoms with Gasteiger partial charge in [-0.05, 0) is 130 Å². The topological polar surface area (TPSA) is 29.5 Å². The summed E-state index contributed by atoms with van der Waals surface area (Å²) >= 11 is 0. The van der Waals surface area contributed by atoms with Gasteiger partial charge >= 0.3 is 0 Å². The van der Waals surface area contributed by atoms with E-state index < -0.39 is 11.6 Å². The SMILES string of the molecule is C=CCCOc1ccc(CCC2CCC(c3ccc(C4CCC(C(C)O)CC4)c(F)c3F)CC2)cc1F. The van der Waals surface area contributed by atoms with Crippen molar-refractivity contribution in [3.05, 3.63) is 77.1 Å². The number of hydrogen-bond donors (Lipinski definition) is 1. The molecule has 2 aliphatic carbocycles. The maximum atomic E-state index is 15.2. The van der Waals surface area contributed by atoms with Gasteiger partial charge in [0.15, 0.2) is 23.2 Å². The summed E-state index contributed by atoms with van der Waals surface area (Å²) in [6, 6.07) is 8.82. The van der Waals surface area contributed by atoms with Gasteiger partial charge in [-0.2, -0.15) is 0 Å². The van der Waals surface area contributed by atoms with Gasteiger partial charge in [-0.25, -0.2) is 13.2 Å². The third-order valence-corrected chi connectivity index (χ3v) is 8.74. The molecule has 0 amide bonds. The van der Waals surface area contributed by atoms with Crippen molar-refractivity contribution in [1.82, 2.24) is 0 Å². The molecule has 1 atom stereocenters. The Bertz CT molecular complexity index is 1030. The lowest BCUT2D eigenvalue weighted by atomic mass is 9.74. The van der Waals surface area contributed by atoms with E-state index in [0.717, 1.165) is 69.8 Å². The van der Waals surface area contributed by atoms with Crippen molar-refractivity contribution >= 4 is 0 Å². The smallest absolute Gasteiger partial charge is 0.165 e. The van der Waals surface area contributed by atoms with Gasteiger partial charge in [0, 0.05) is 0 Å². The molecule has 0 radical (unpaired) electrons. The van der Waals surface area contributed by atoms with E-state index in [1.54, 1.807) is 18.2 Å². The van der Waals surface area contributed by atoms with Crippen molar-refractivity contribution in [3.8, 4) is 5.75 Å². The molecule has 0 bridgehead atoms. The second-order valence-corrected chi connectivity index (χ2v) is 11.2. The molecule has 0 saturated heterocycles. The zero-order valence-electron chi connectivity index (χ0n) is 22.0. The van der Waals surface area contributed by atoms with Gasteiger partial charge in [0.2, 0.25) is 0 Å². The van der Waals surface area contributed by atoms with E-state index in [0.29, 0.717) is 30.1 Å². The van der Waals surface area contributed by atoms with Crippen molar-refractivity contribution in [2.75, 3.05) is 6.61 Å². The van der Waals surface area contributed by atoms with Crippen molar-refractivity contribution < 1.29 is 23.0 Å². The number of aryl methyl sites for hydroxylation is 1. The van der Waals surface area contributed by atoms with E-state index in [2.05, 4.69) is 6.58 Å². The molecule has 2 aromatic carbocycles. The Labute approximate surface area is 219 Å². The molecular formula is C32H41F3O2. The van der Waals surface area contributed by atoms with Gasteiger partial charge < -0.3 is 9.84 Å². The lowest BCUT2D eigenvalue weighted by Crippen LogP contribution is -2.23. The molecule has 2 saturated carbocycles. The quantitative estimate of drug-likeness (QED) is 0.254. The van der Waals surface area contributed by atoms with Crippen LogP contribution in [-0.2, 0) is 6.42 Å². The molecule has 1 N–H and O–H groups in total. The van der Waals surface area contributed by atoms with E-state index >= 15 is 8.78 Å². The fourth-order valence-electron chi connectivity index (χ4n) is 6.32. The molecule has 5 heteroatoms. The first kappa shape index (κ1) is 27.8. The van der Waals surface area contributed by atoms with Gasteiger partial charge in [-0.1, -0.05) is 24.3 Å². The Hall–Kier alpha value is -2.27. The highest BCUT2D eigenvalue weighted by atomic mass is 19.2. The first-order valence-electron chi connectivity index (χ1n) is 14.0. The summed E-state index contributed by atoms with van der Waals surface area (Å²) in [7, 11) is 0. The maximum Gasteiger partial charge on any atom is 0.165 e. The Balaban J connectivity index is 1.28. The summed E-state index contributed by atoms with van der Waals surface area (Å²) in [6.07, 6.45) is 10.8. The van der Waals surface area contributed by atoms with Gasteiger partial charge in [-0.15, -0.1) is 6.58 Å². The van der Waals surface area contributed by atoms with E-state index in [-0.39, 0.29) is 35.4 Å². The molecule has 4 rings (SSSR count). The lowest BCUT2D eigenvalue weighted by molar-refractivity contribution is 0.0963. The van der Waals surface area contributed by atoms with Gasteiger partial charge in [-0.3, -0.25) is 0 Å². The van der Waals surface area contributed by atoms with Crippen LogP contribution >= 0.6 is 0 Å². The number of aliphatic hydroxyl groups is 1. The zero-order valence-corrected chi connectivity index (χ0v) is 22.0. The summed E-state index contributed by atoms with van der Waals surface area (Å²) in [4.78, 5) is 0. The molecule has 0 spiro atoms. The third-order valence-electron chi connectivity index (χ3n) is 8.74. The molecule has 2 aromatic rings.